The number of ether oxygens (including phenoxy) is 2. The molecule has 2 amide bonds. The third-order valence-corrected chi connectivity index (χ3v) is 6.72. The Balaban J connectivity index is 1.54. The number of rotatable bonds is 8. The molecular weight excluding hydrogens is 450 g/mol. The number of cyclic esters (lactones) is 1. The summed E-state index contributed by atoms with van der Waals surface area (Å²) in [5.41, 5.74) is 3.28. The van der Waals surface area contributed by atoms with Gasteiger partial charge in [-0.25, -0.2) is 9.79 Å². The average Bonchev–Trinajstić information content (AvgIpc) is 3.39. The lowest BCUT2D eigenvalue weighted by Crippen LogP contribution is -2.30. The van der Waals surface area contributed by atoms with E-state index in [2.05, 4.69) is 26.0 Å². The van der Waals surface area contributed by atoms with E-state index >= 15 is 0 Å². The molecule has 8 heteroatoms. The number of amides is 2. The van der Waals surface area contributed by atoms with Gasteiger partial charge >= 0.3 is 6.09 Å². The fourth-order valence-electron chi connectivity index (χ4n) is 3.75. The van der Waals surface area contributed by atoms with Crippen LogP contribution in [0, 0.1) is 0 Å². The van der Waals surface area contributed by atoms with Crippen molar-refractivity contribution in [1.29, 1.82) is 0 Å². The topological polar surface area (TPSA) is 71.4 Å². The number of hydrogen-bond acceptors (Lipinski definition) is 6. The van der Waals surface area contributed by atoms with Crippen LogP contribution in [0.15, 0.2) is 59.2 Å². The summed E-state index contributed by atoms with van der Waals surface area (Å²) in [5, 5.41) is 0.618. The number of aliphatic imine (C=N–C) groups is 1. The molecule has 0 aromatic heterocycles. The van der Waals surface area contributed by atoms with Crippen molar-refractivity contribution < 1.29 is 19.1 Å². The third kappa shape index (κ3) is 5.44. The first-order valence-electron chi connectivity index (χ1n) is 11.4. The summed E-state index contributed by atoms with van der Waals surface area (Å²) in [5.74, 6) is 1.66. The Morgan fingerprint density at radius 3 is 2.65 bits per heavy atom. The largest absolute Gasteiger partial charge is 0.497 e. The van der Waals surface area contributed by atoms with Gasteiger partial charge in [0.25, 0.3) is 5.91 Å². The van der Waals surface area contributed by atoms with E-state index in [0.717, 1.165) is 12.0 Å². The summed E-state index contributed by atoms with van der Waals surface area (Å²) in [6.45, 7) is 6.00. The molecule has 2 aromatic carbocycles. The summed E-state index contributed by atoms with van der Waals surface area (Å²) in [7, 11) is 1.60. The lowest BCUT2D eigenvalue weighted by Gasteiger charge is -2.19. The van der Waals surface area contributed by atoms with E-state index in [9.17, 15) is 9.59 Å². The van der Waals surface area contributed by atoms with Gasteiger partial charge in [-0.3, -0.25) is 9.69 Å². The molecule has 0 aliphatic carbocycles. The molecular formula is C26H29N3O4S. The van der Waals surface area contributed by atoms with Crippen molar-refractivity contribution in [2.24, 2.45) is 4.99 Å². The molecule has 0 unspecified atom stereocenters. The zero-order valence-electron chi connectivity index (χ0n) is 19.7. The van der Waals surface area contributed by atoms with Crippen LogP contribution in [0.1, 0.15) is 37.3 Å². The van der Waals surface area contributed by atoms with E-state index in [1.165, 1.54) is 17.3 Å². The van der Waals surface area contributed by atoms with Crippen LogP contribution in [-0.4, -0.2) is 54.6 Å². The van der Waals surface area contributed by atoms with Crippen molar-refractivity contribution in [1.82, 2.24) is 4.90 Å². The number of anilines is 1. The minimum atomic E-state index is -0.259. The Morgan fingerprint density at radius 1 is 1.18 bits per heavy atom. The van der Waals surface area contributed by atoms with Crippen LogP contribution in [0.3, 0.4) is 0 Å². The molecule has 178 valence electrons. The highest BCUT2D eigenvalue weighted by atomic mass is 32.2. The van der Waals surface area contributed by atoms with Crippen molar-refractivity contribution in [2.45, 2.75) is 26.2 Å². The average molecular weight is 480 g/mol. The number of methoxy groups -OCH3 is 1. The van der Waals surface area contributed by atoms with Crippen LogP contribution in [0.5, 0.6) is 5.75 Å². The predicted octanol–water partition coefficient (Wildman–Crippen LogP) is 5.14. The zero-order chi connectivity index (χ0) is 24.1. The Kier molecular flexibility index (Phi) is 7.57. The quantitative estimate of drug-likeness (QED) is 0.387. The highest BCUT2D eigenvalue weighted by molar-refractivity contribution is 8.14. The molecule has 2 aliphatic rings. The lowest BCUT2D eigenvalue weighted by molar-refractivity contribution is -0.113. The molecule has 34 heavy (non-hydrogen) atoms. The fraction of sp³-hybridized carbons (Fsp3) is 0.346. The van der Waals surface area contributed by atoms with Crippen molar-refractivity contribution >= 4 is 40.7 Å². The van der Waals surface area contributed by atoms with Gasteiger partial charge in [0.05, 0.1) is 19.3 Å². The molecule has 2 aliphatic heterocycles. The highest BCUT2D eigenvalue weighted by Crippen LogP contribution is 2.31. The Bertz CT molecular complexity index is 1110. The summed E-state index contributed by atoms with van der Waals surface area (Å²) in [6, 6.07) is 15.6. The summed E-state index contributed by atoms with van der Waals surface area (Å²) >= 11 is 1.50. The van der Waals surface area contributed by atoms with E-state index in [-0.39, 0.29) is 12.0 Å². The zero-order valence-corrected chi connectivity index (χ0v) is 20.5. The van der Waals surface area contributed by atoms with E-state index in [1.807, 2.05) is 42.5 Å². The summed E-state index contributed by atoms with van der Waals surface area (Å²) in [4.78, 5) is 33.1. The van der Waals surface area contributed by atoms with E-state index in [1.54, 1.807) is 16.9 Å². The minimum absolute atomic E-state index is 0.174. The molecule has 1 saturated heterocycles. The van der Waals surface area contributed by atoms with Crippen molar-refractivity contribution in [3.05, 3.63) is 65.4 Å². The molecule has 0 atom stereocenters. The van der Waals surface area contributed by atoms with Crippen LogP contribution >= 0.6 is 11.8 Å². The second-order valence-electron chi connectivity index (χ2n) is 8.39. The van der Waals surface area contributed by atoms with E-state index < -0.39 is 0 Å². The van der Waals surface area contributed by atoms with E-state index in [4.69, 9.17) is 14.5 Å². The van der Waals surface area contributed by atoms with Crippen LogP contribution in [0.4, 0.5) is 10.5 Å². The number of thioether (sulfide) groups is 1. The Hall–Kier alpha value is -3.26. The van der Waals surface area contributed by atoms with Crippen LogP contribution in [0.2, 0.25) is 0 Å². The number of carbonyl (C=O) groups excluding carboxylic acids is 2. The smallest absolute Gasteiger partial charge is 0.409 e. The lowest BCUT2D eigenvalue weighted by atomic mass is 10.0. The third-order valence-electron chi connectivity index (χ3n) is 5.70. The normalized spacial score (nSPS) is 17.1. The highest BCUT2D eigenvalue weighted by Gasteiger charge is 2.32. The molecule has 1 fully saturated rings. The summed E-state index contributed by atoms with van der Waals surface area (Å²) < 4.78 is 10.3. The van der Waals surface area contributed by atoms with Gasteiger partial charge in [-0.2, -0.15) is 0 Å². The van der Waals surface area contributed by atoms with Gasteiger partial charge in [0.15, 0.2) is 5.17 Å². The number of nitrogens with zero attached hydrogens (tertiary/aromatic N) is 3. The van der Waals surface area contributed by atoms with Crippen molar-refractivity contribution in [2.75, 3.05) is 37.5 Å². The van der Waals surface area contributed by atoms with Crippen LogP contribution in [-0.2, 0) is 9.53 Å². The van der Waals surface area contributed by atoms with Gasteiger partial charge in [-0.1, -0.05) is 55.9 Å². The number of amidine groups is 1. The minimum Gasteiger partial charge on any atom is -0.497 e. The first-order chi connectivity index (χ1) is 16.5. The van der Waals surface area contributed by atoms with Crippen molar-refractivity contribution in [3.63, 3.8) is 0 Å². The van der Waals surface area contributed by atoms with Gasteiger partial charge in [-0.15, -0.1) is 0 Å². The van der Waals surface area contributed by atoms with Crippen molar-refractivity contribution in [3.8, 4) is 5.75 Å². The van der Waals surface area contributed by atoms with Gasteiger partial charge in [0.1, 0.15) is 18.1 Å². The van der Waals surface area contributed by atoms with Gasteiger partial charge in [-0.05, 0) is 41.7 Å². The van der Waals surface area contributed by atoms with Gasteiger partial charge < -0.3 is 14.4 Å². The molecule has 2 heterocycles. The molecule has 2 aromatic rings. The van der Waals surface area contributed by atoms with Crippen LogP contribution in [0.25, 0.3) is 6.08 Å². The molecule has 0 saturated carbocycles. The standard InChI is InChI=1S/C26H29N3O4S/c1-18(2)20-10-8-19(9-11-20)16-23-24(30)29(21-6-4-7-22(17-21)32-3)25(27-23)34-15-5-12-28-13-14-33-26(28)31/h4,6-11,16-18H,5,12-15H2,1-3H3/b23-16-. The second-order valence-corrected chi connectivity index (χ2v) is 9.45. The molecule has 0 spiro atoms. The maximum absolute atomic E-state index is 13.4. The maximum atomic E-state index is 13.4. The molecule has 0 radical (unpaired) electrons. The second kappa shape index (κ2) is 10.8. The van der Waals surface area contributed by atoms with Gasteiger partial charge in [0.2, 0.25) is 0 Å². The molecule has 4 rings (SSSR count). The van der Waals surface area contributed by atoms with Gasteiger partial charge in [0, 0.05) is 18.4 Å². The Labute approximate surface area is 204 Å². The van der Waals surface area contributed by atoms with E-state index in [0.29, 0.717) is 53.7 Å². The first kappa shape index (κ1) is 23.9. The number of carbonyl (C=O) groups is 2. The van der Waals surface area contributed by atoms with Crippen LogP contribution < -0.4 is 9.64 Å². The fourth-order valence-corrected chi connectivity index (χ4v) is 4.69. The number of benzene rings is 2. The molecule has 7 nitrogen and oxygen atoms in total. The molecule has 0 bridgehead atoms. The summed E-state index contributed by atoms with van der Waals surface area (Å²) in [6.07, 6.45) is 2.34. The Morgan fingerprint density at radius 2 is 1.97 bits per heavy atom. The maximum Gasteiger partial charge on any atom is 0.409 e. The molecule has 0 N–H and O–H groups in total. The SMILES string of the molecule is COc1cccc(N2C(=O)/C(=C/c3ccc(C(C)C)cc3)N=C2SCCCN2CCOC2=O)c1. The monoisotopic (exact) mass is 479 g/mol. The predicted molar refractivity (Wildman–Crippen MR) is 136 cm³/mol. The number of hydrogen-bond donors (Lipinski definition) is 0. The first-order valence-corrected chi connectivity index (χ1v) is 12.4.